The van der Waals surface area contributed by atoms with Crippen molar-refractivity contribution >= 4 is 0 Å². The molecule has 15 heavy (non-hydrogen) atoms. The summed E-state index contributed by atoms with van der Waals surface area (Å²) in [6.07, 6.45) is 11.3. The third-order valence-corrected chi connectivity index (χ3v) is 2.47. The first-order chi connectivity index (χ1) is 7.06. The second-order valence-electron chi connectivity index (χ2n) is 4.46. The third kappa shape index (κ3) is 9.40. The zero-order valence-corrected chi connectivity index (χ0v) is 10.8. The van der Waals surface area contributed by atoms with E-state index in [2.05, 4.69) is 46.4 Å². The van der Waals surface area contributed by atoms with E-state index in [9.17, 15) is 0 Å². The topological polar surface area (TPSA) is 0 Å². The van der Waals surface area contributed by atoms with Crippen LogP contribution in [0.25, 0.3) is 0 Å². The predicted molar refractivity (Wildman–Crippen MR) is 70.8 cm³/mol. The van der Waals surface area contributed by atoms with Crippen LogP contribution >= 0.6 is 0 Å². The minimum Gasteiger partial charge on any atom is -0.245 e. The first-order valence-electron chi connectivity index (χ1n) is 5.80. The molecule has 0 aliphatic heterocycles. The van der Waals surface area contributed by atoms with Gasteiger partial charge in [0.1, 0.15) is 0 Å². The molecule has 0 saturated carbocycles. The summed E-state index contributed by atoms with van der Waals surface area (Å²) in [6.45, 7) is 12.4. The van der Waals surface area contributed by atoms with E-state index in [1.807, 2.05) is 6.08 Å². The van der Waals surface area contributed by atoms with Crippen molar-refractivity contribution in [2.24, 2.45) is 0 Å². The quantitative estimate of drug-likeness (QED) is 0.394. The summed E-state index contributed by atoms with van der Waals surface area (Å²) in [4.78, 5) is 0. The van der Waals surface area contributed by atoms with Crippen LogP contribution in [0.5, 0.6) is 0 Å². The Labute approximate surface area is 95.8 Å². The monoisotopic (exact) mass is 205 g/mol. The highest BCUT2D eigenvalue weighted by Crippen LogP contribution is 2.13. The number of allylic oxidation sites excluding steroid dienone is 5. The van der Waals surface area contributed by atoms with Gasteiger partial charge in [0.25, 0.3) is 0 Å². The highest BCUT2D eigenvalue weighted by Gasteiger charge is 1.89. The van der Waals surface area contributed by atoms with Crippen molar-refractivity contribution in [3.05, 3.63) is 41.9 Å². The van der Waals surface area contributed by atoms with E-state index in [1.165, 1.54) is 29.9 Å². The van der Waals surface area contributed by atoms with Gasteiger partial charge in [0.05, 0.1) is 0 Å². The van der Waals surface area contributed by atoms with Crippen LogP contribution in [-0.4, -0.2) is 0 Å². The van der Waals surface area contributed by atoms with Crippen LogP contribution in [0.4, 0.5) is 0 Å². The Kier molecular flexibility index (Phi) is 7.89. The van der Waals surface area contributed by atoms with Gasteiger partial charge >= 0.3 is 0 Å². The summed E-state index contributed by atoms with van der Waals surface area (Å²) in [6, 6.07) is 0. The molecule has 0 radical (unpaired) electrons. The fourth-order valence-electron chi connectivity index (χ4n) is 1.34. The van der Waals surface area contributed by atoms with Gasteiger partial charge in [-0.3, -0.25) is 0 Å². The van der Waals surface area contributed by atoms with Gasteiger partial charge in [-0.1, -0.05) is 29.7 Å². The highest BCUT2D eigenvalue weighted by molar-refractivity contribution is 5.06. The molecule has 0 amide bonds. The van der Waals surface area contributed by atoms with Crippen LogP contribution in [0, 0.1) is 5.92 Å². The first kappa shape index (κ1) is 14.1. The minimum absolute atomic E-state index is 1.14. The maximum atomic E-state index is 3.76. The van der Waals surface area contributed by atoms with E-state index in [4.69, 9.17) is 0 Å². The normalized spacial score (nSPS) is 11.1. The van der Waals surface area contributed by atoms with E-state index < -0.39 is 0 Å². The summed E-state index contributed by atoms with van der Waals surface area (Å²) in [5, 5.41) is 0. The highest BCUT2D eigenvalue weighted by atomic mass is 14.0. The average Bonchev–Trinajstić information content (AvgIpc) is 2.17. The second-order valence-corrected chi connectivity index (χ2v) is 4.46. The maximum Gasteiger partial charge on any atom is -0.0288 e. The zero-order chi connectivity index (χ0) is 11.7. The van der Waals surface area contributed by atoms with Crippen molar-refractivity contribution in [3.8, 4) is 0 Å². The van der Waals surface area contributed by atoms with Crippen molar-refractivity contribution in [1.82, 2.24) is 0 Å². The lowest BCUT2D eigenvalue weighted by atomic mass is 10.0. The average molecular weight is 205 g/mol. The molecular weight excluding hydrogens is 180 g/mol. The first-order valence-corrected chi connectivity index (χ1v) is 5.80. The van der Waals surface area contributed by atoms with Gasteiger partial charge < -0.3 is 0 Å². The summed E-state index contributed by atoms with van der Waals surface area (Å²) < 4.78 is 0. The molecule has 0 aromatic carbocycles. The maximum absolute atomic E-state index is 3.76. The fourth-order valence-corrected chi connectivity index (χ4v) is 1.34. The Bertz CT molecular complexity index is 226. The van der Waals surface area contributed by atoms with Crippen molar-refractivity contribution in [2.45, 2.75) is 53.4 Å². The molecule has 0 nitrogen and oxygen atoms in total. The van der Waals surface area contributed by atoms with E-state index in [1.54, 1.807) is 0 Å². The number of rotatable bonds is 7. The Balaban J connectivity index is 3.70. The number of hydrogen-bond donors (Lipinski definition) is 0. The lowest BCUT2D eigenvalue weighted by molar-refractivity contribution is 0.874. The van der Waals surface area contributed by atoms with Crippen molar-refractivity contribution in [2.75, 3.05) is 0 Å². The molecule has 0 unspecified atom stereocenters. The van der Waals surface area contributed by atoms with Crippen LogP contribution in [0.2, 0.25) is 0 Å². The van der Waals surface area contributed by atoms with Gasteiger partial charge in [-0.05, 0) is 40.0 Å². The molecule has 0 spiro atoms. The van der Waals surface area contributed by atoms with Crippen molar-refractivity contribution in [3.63, 3.8) is 0 Å². The molecular formula is C15H25-. The van der Waals surface area contributed by atoms with Crippen molar-refractivity contribution < 1.29 is 0 Å². The Morgan fingerprint density at radius 1 is 1.13 bits per heavy atom. The van der Waals surface area contributed by atoms with Gasteiger partial charge in [0, 0.05) is 0 Å². The van der Waals surface area contributed by atoms with Crippen LogP contribution in [0.1, 0.15) is 53.4 Å². The molecule has 0 atom stereocenters. The van der Waals surface area contributed by atoms with Crippen molar-refractivity contribution in [1.29, 1.82) is 0 Å². The van der Waals surface area contributed by atoms with Crippen LogP contribution in [0.15, 0.2) is 36.0 Å². The van der Waals surface area contributed by atoms with E-state index >= 15 is 0 Å². The summed E-state index contributed by atoms with van der Waals surface area (Å²) in [5.41, 5.74) is 2.92. The molecule has 0 aromatic heterocycles. The lowest BCUT2D eigenvalue weighted by Gasteiger charge is -2.11. The number of hydrogen-bond acceptors (Lipinski definition) is 0. The molecule has 0 heteroatoms. The van der Waals surface area contributed by atoms with Gasteiger partial charge in [-0.15, -0.1) is 6.92 Å². The second kappa shape index (κ2) is 8.40. The zero-order valence-electron chi connectivity index (χ0n) is 10.8. The SMILES string of the molecule is C=C[C-](C)CC/C=C(\C)CCC=C(C)C. The molecule has 0 saturated heterocycles. The molecule has 86 valence electrons. The molecule has 0 N–H and O–H groups in total. The summed E-state index contributed by atoms with van der Waals surface area (Å²) in [7, 11) is 0. The van der Waals surface area contributed by atoms with E-state index in [0.717, 1.165) is 12.8 Å². The molecule has 0 aliphatic carbocycles. The Hall–Kier alpha value is -0.910. The molecule has 0 heterocycles. The minimum atomic E-state index is 1.14. The van der Waals surface area contributed by atoms with Gasteiger partial charge in [0.2, 0.25) is 0 Å². The van der Waals surface area contributed by atoms with Gasteiger partial charge in [-0.2, -0.15) is 0 Å². The Morgan fingerprint density at radius 3 is 2.33 bits per heavy atom. The molecule has 0 fully saturated rings. The molecule has 0 aliphatic rings. The van der Waals surface area contributed by atoms with Gasteiger partial charge in [0.15, 0.2) is 0 Å². The van der Waals surface area contributed by atoms with E-state index in [-0.39, 0.29) is 0 Å². The summed E-state index contributed by atoms with van der Waals surface area (Å²) >= 11 is 0. The predicted octanol–water partition coefficient (Wildman–Crippen LogP) is 5.24. The third-order valence-electron chi connectivity index (χ3n) is 2.47. The molecule has 0 aromatic rings. The fraction of sp³-hybridized carbons (Fsp3) is 0.533. The molecule has 0 bridgehead atoms. The lowest BCUT2D eigenvalue weighted by Crippen LogP contribution is -1.85. The van der Waals surface area contributed by atoms with Crippen LogP contribution in [-0.2, 0) is 0 Å². The van der Waals surface area contributed by atoms with Crippen LogP contribution < -0.4 is 0 Å². The van der Waals surface area contributed by atoms with Crippen LogP contribution in [0.3, 0.4) is 0 Å². The standard InChI is InChI=1S/C15H25/c1-6-14(4)10-8-12-15(5)11-7-9-13(2)3/h6,9,12H,1,7-8,10-11H2,2-5H3/q-1/b15-12+. The van der Waals surface area contributed by atoms with E-state index in [0.29, 0.717) is 0 Å². The largest absolute Gasteiger partial charge is 0.245 e. The Morgan fingerprint density at radius 2 is 1.80 bits per heavy atom. The van der Waals surface area contributed by atoms with Gasteiger partial charge in [-0.25, -0.2) is 18.6 Å². The summed E-state index contributed by atoms with van der Waals surface area (Å²) in [5.74, 6) is 1.38. The molecule has 0 rings (SSSR count). The smallest absolute Gasteiger partial charge is 0.0288 e.